The number of hydrogen-bond acceptors (Lipinski definition) is 4. The Balaban J connectivity index is 1.61. The van der Waals surface area contributed by atoms with Crippen molar-refractivity contribution in [3.05, 3.63) is 29.8 Å². The molecule has 1 aromatic rings. The van der Waals surface area contributed by atoms with Crippen molar-refractivity contribution in [1.29, 1.82) is 0 Å². The Morgan fingerprint density at radius 1 is 1.12 bits per heavy atom. The molecule has 1 amide bonds. The Kier molecular flexibility index (Phi) is 4.39. The summed E-state index contributed by atoms with van der Waals surface area (Å²) >= 11 is 0. The number of carboxylic acid groups (broad SMARTS) is 1. The standard InChI is InChI=1S/C20H27N3O3/c1-21-11-8-15-12-23(14-20(15,13-21)19(25)26)18(24)16-6-2-3-7-17(16)22-9-4-5-10-22/h2-3,6-7,15H,4-5,8-14H2,1H3,(H,25,26)/t15-,20-/m0/s1. The van der Waals surface area contributed by atoms with Gasteiger partial charge < -0.3 is 19.8 Å². The van der Waals surface area contributed by atoms with Crippen LogP contribution in [-0.4, -0.2) is 73.1 Å². The number of carbonyl (C=O) groups excluding carboxylic acids is 1. The van der Waals surface area contributed by atoms with Gasteiger partial charge in [-0.05, 0) is 50.9 Å². The quantitative estimate of drug-likeness (QED) is 0.893. The molecule has 3 aliphatic heterocycles. The molecule has 3 aliphatic rings. The number of rotatable bonds is 3. The number of carbonyl (C=O) groups is 2. The van der Waals surface area contributed by atoms with Gasteiger partial charge in [-0.3, -0.25) is 9.59 Å². The van der Waals surface area contributed by atoms with Gasteiger partial charge in [-0.15, -0.1) is 0 Å². The third kappa shape index (κ3) is 2.76. The second kappa shape index (κ2) is 6.58. The highest BCUT2D eigenvalue weighted by atomic mass is 16.4. The van der Waals surface area contributed by atoms with Gasteiger partial charge in [-0.1, -0.05) is 12.1 Å². The largest absolute Gasteiger partial charge is 0.481 e. The maximum absolute atomic E-state index is 13.3. The van der Waals surface area contributed by atoms with Gasteiger partial charge in [0, 0.05) is 38.4 Å². The van der Waals surface area contributed by atoms with Crippen LogP contribution in [0, 0.1) is 11.3 Å². The summed E-state index contributed by atoms with van der Waals surface area (Å²) in [4.78, 5) is 31.6. The topological polar surface area (TPSA) is 64.1 Å². The van der Waals surface area contributed by atoms with Crippen LogP contribution in [0.5, 0.6) is 0 Å². The number of carboxylic acids is 1. The van der Waals surface area contributed by atoms with Gasteiger partial charge in [0.15, 0.2) is 0 Å². The molecule has 4 rings (SSSR count). The monoisotopic (exact) mass is 357 g/mol. The van der Waals surface area contributed by atoms with Crippen molar-refractivity contribution < 1.29 is 14.7 Å². The van der Waals surface area contributed by atoms with Crippen molar-refractivity contribution >= 4 is 17.6 Å². The van der Waals surface area contributed by atoms with Crippen LogP contribution in [0.15, 0.2) is 24.3 Å². The number of aliphatic carboxylic acids is 1. The highest BCUT2D eigenvalue weighted by molar-refractivity contribution is 6.00. The molecule has 0 aliphatic carbocycles. The molecule has 140 valence electrons. The van der Waals surface area contributed by atoms with E-state index in [1.165, 1.54) is 0 Å². The summed E-state index contributed by atoms with van der Waals surface area (Å²) in [6.07, 6.45) is 3.14. The highest BCUT2D eigenvalue weighted by Crippen LogP contribution is 2.43. The molecule has 3 fully saturated rings. The van der Waals surface area contributed by atoms with E-state index in [4.69, 9.17) is 0 Å². The summed E-state index contributed by atoms with van der Waals surface area (Å²) in [5.41, 5.74) is 0.874. The molecule has 0 saturated carbocycles. The number of nitrogens with zero attached hydrogens (tertiary/aromatic N) is 3. The lowest BCUT2D eigenvalue weighted by Crippen LogP contribution is -2.52. The number of fused-ring (bicyclic) bond motifs is 1. The Morgan fingerprint density at radius 2 is 1.85 bits per heavy atom. The van der Waals surface area contributed by atoms with Crippen molar-refractivity contribution in [3.8, 4) is 0 Å². The van der Waals surface area contributed by atoms with Crippen LogP contribution < -0.4 is 4.90 Å². The smallest absolute Gasteiger partial charge is 0.313 e. The van der Waals surface area contributed by atoms with Crippen LogP contribution in [0.4, 0.5) is 5.69 Å². The van der Waals surface area contributed by atoms with Crippen molar-refractivity contribution in [2.24, 2.45) is 11.3 Å². The van der Waals surface area contributed by atoms with E-state index in [0.29, 0.717) is 25.2 Å². The molecule has 6 heteroatoms. The summed E-state index contributed by atoms with van der Waals surface area (Å²) in [6.45, 7) is 4.24. The zero-order chi connectivity index (χ0) is 18.3. The molecule has 3 heterocycles. The Labute approximate surface area is 154 Å². The lowest BCUT2D eigenvalue weighted by Gasteiger charge is -2.39. The van der Waals surface area contributed by atoms with Gasteiger partial charge in [0.05, 0.1) is 5.56 Å². The fraction of sp³-hybridized carbons (Fsp3) is 0.600. The Hall–Kier alpha value is -2.08. The van der Waals surface area contributed by atoms with Gasteiger partial charge in [0.2, 0.25) is 0 Å². The van der Waals surface area contributed by atoms with Crippen LogP contribution in [0.25, 0.3) is 0 Å². The molecule has 1 aromatic carbocycles. The van der Waals surface area contributed by atoms with Crippen molar-refractivity contribution in [1.82, 2.24) is 9.80 Å². The van der Waals surface area contributed by atoms with Crippen LogP contribution in [-0.2, 0) is 4.79 Å². The first-order valence-corrected chi connectivity index (χ1v) is 9.56. The summed E-state index contributed by atoms with van der Waals surface area (Å²) in [5, 5.41) is 9.94. The number of piperidine rings is 1. The fourth-order valence-electron chi connectivity index (χ4n) is 4.98. The van der Waals surface area contributed by atoms with E-state index in [-0.39, 0.29) is 11.8 Å². The lowest BCUT2D eigenvalue weighted by atomic mass is 9.73. The molecule has 0 radical (unpaired) electrons. The first kappa shape index (κ1) is 17.3. The van der Waals surface area contributed by atoms with Crippen LogP contribution in [0.3, 0.4) is 0 Å². The first-order chi connectivity index (χ1) is 12.5. The van der Waals surface area contributed by atoms with Crippen LogP contribution in [0.1, 0.15) is 29.6 Å². The lowest BCUT2D eigenvalue weighted by molar-refractivity contribution is -0.153. The minimum atomic E-state index is -0.828. The number of para-hydroxylation sites is 1. The number of hydrogen-bond donors (Lipinski definition) is 1. The Morgan fingerprint density at radius 3 is 2.58 bits per heavy atom. The zero-order valence-corrected chi connectivity index (χ0v) is 15.4. The molecular formula is C20H27N3O3. The molecule has 1 N–H and O–H groups in total. The van der Waals surface area contributed by atoms with Gasteiger partial charge in [-0.25, -0.2) is 0 Å². The molecular weight excluding hydrogens is 330 g/mol. The van der Waals surface area contributed by atoms with E-state index in [0.717, 1.165) is 44.6 Å². The second-order valence-electron chi connectivity index (χ2n) is 8.08. The average molecular weight is 357 g/mol. The van der Waals surface area contributed by atoms with E-state index < -0.39 is 11.4 Å². The maximum Gasteiger partial charge on any atom is 0.313 e. The third-order valence-electron chi connectivity index (χ3n) is 6.40. The van der Waals surface area contributed by atoms with Crippen molar-refractivity contribution in [2.75, 3.05) is 51.2 Å². The van der Waals surface area contributed by atoms with Gasteiger partial charge in [0.25, 0.3) is 5.91 Å². The first-order valence-electron chi connectivity index (χ1n) is 9.56. The summed E-state index contributed by atoms with van der Waals surface area (Å²) in [5.74, 6) is -0.749. The normalized spacial score (nSPS) is 29.0. The molecule has 0 unspecified atom stereocenters. The number of likely N-dealkylation sites (tertiary alicyclic amines) is 2. The second-order valence-corrected chi connectivity index (χ2v) is 8.08. The van der Waals surface area contributed by atoms with E-state index in [9.17, 15) is 14.7 Å². The van der Waals surface area contributed by atoms with Crippen molar-refractivity contribution in [3.63, 3.8) is 0 Å². The van der Waals surface area contributed by atoms with Gasteiger partial charge in [0.1, 0.15) is 5.41 Å². The molecule has 0 spiro atoms. The molecule has 0 bridgehead atoms. The summed E-state index contributed by atoms with van der Waals surface area (Å²) in [7, 11) is 1.97. The fourth-order valence-corrected chi connectivity index (χ4v) is 4.98. The Bertz CT molecular complexity index is 716. The molecule has 0 aromatic heterocycles. The predicted molar refractivity (Wildman–Crippen MR) is 99.5 cm³/mol. The maximum atomic E-state index is 13.3. The minimum absolute atomic E-state index is 0.0230. The van der Waals surface area contributed by atoms with Crippen LogP contribution in [0.2, 0.25) is 0 Å². The van der Waals surface area contributed by atoms with E-state index in [1.807, 2.05) is 31.3 Å². The zero-order valence-electron chi connectivity index (χ0n) is 15.4. The van der Waals surface area contributed by atoms with E-state index >= 15 is 0 Å². The molecule has 26 heavy (non-hydrogen) atoms. The van der Waals surface area contributed by atoms with Gasteiger partial charge in [-0.2, -0.15) is 0 Å². The van der Waals surface area contributed by atoms with Crippen molar-refractivity contribution in [2.45, 2.75) is 19.3 Å². The van der Waals surface area contributed by atoms with E-state index in [1.54, 1.807) is 4.90 Å². The number of anilines is 1. The van der Waals surface area contributed by atoms with Gasteiger partial charge >= 0.3 is 5.97 Å². The highest BCUT2D eigenvalue weighted by Gasteiger charge is 2.55. The molecule has 6 nitrogen and oxygen atoms in total. The average Bonchev–Trinajstić information content (AvgIpc) is 3.29. The molecule has 3 saturated heterocycles. The third-order valence-corrected chi connectivity index (χ3v) is 6.40. The number of amides is 1. The van der Waals surface area contributed by atoms with E-state index in [2.05, 4.69) is 9.80 Å². The summed E-state index contributed by atoms with van der Waals surface area (Å²) < 4.78 is 0. The summed E-state index contributed by atoms with van der Waals surface area (Å²) in [6, 6.07) is 7.78. The minimum Gasteiger partial charge on any atom is -0.481 e. The SMILES string of the molecule is CN1CC[C@H]2CN(C(=O)c3ccccc3N3CCCC3)C[C@@]2(C(=O)O)C1. The number of benzene rings is 1. The predicted octanol–water partition coefficient (Wildman–Crippen LogP) is 1.77. The molecule has 2 atom stereocenters. The van der Waals surface area contributed by atoms with Crippen LogP contribution >= 0.6 is 0 Å².